The van der Waals surface area contributed by atoms with Gasteiger partial charge in [0, 0.05) is 11.3 Å². The van der Waals surface area contributed by atoms with Crippen LogP contribution in [0.5, 0.6) is 0 Å². The van der Waals surface area contributed by atoms with E-state index < -0.39 is 64.2 Å². The van der Waals surface area contributed by atoms with Crippen molar-refractivity contribution in [1.82, 2.24) is 0 Å². The summed E-state index contributed by atoms with van der Waals surface area (Å²) in [7, 11) is 1.86. The molecule has 39 heavy (non-hydrogen) atoms. The van der Waals surface area contributed by atoms with Crippen molar-refractivity contribution in [3.05, 3.63) is 88.4 Å². The number of benzene rings is 2. The van der Waals surface area contributed by atoms with Gasteiger partial charge in [-0.05, 0) is 17.7 Å². The summed E-state index contributed by atoms with van der Waals surface area (Å²) in [5.74, 6) is -4.35. The van der Waals surface area contributed by atoms with Crippen LogP contribution in [-0.4, -0.2) is 43.6 Å². The fourth-order valence-electron chi connectivity index (χ4n) is 4.14. The number of carbonyl (C=O) groups excluding carboxylic acids is 2. The Bertz CT molecular complexity index is 1380. The molecule has 1 heterocycles. The summed E-state index contributed by atoms with van der Waals surface area (Å²) >= 11 is 0. The van der Waals surface area contributed by atoms with Gasteiger partial charge in [0.15, 0.2) is 0 Å². The van der Waals surface area contributed by atoms with Crippen molar-refractivity contribution in [1.29, 1.82) is 5.26 Å². The molecule has 0 aromatic heterocycles. The first-order valence-electron chi connectivity index (χ1n) is 10.8. The number of ether oxygens (including phenoxy) is 2. The van der Waals surface area contributed by atoms with E-state index in [-0.39, 0.29) is 17.2 Å². The molecule has 0 amide bonds. The molecule has 1 atom stereocenters. The average molecular weight is 555 g/mol. The molecule has 2 aromatic carbocycles. The zero-order valence-corrected chi connectivity index (χ0v) is 20.1. The van der Waals surface area contributed by atoms with Gasteiger partial charge in [0.25, 0.3) is 5.60 Å². The van der Waals surface area contributed by atoms with E-state index in [1.807, 2.05) is 0 Å². The number of alkyl halides is 6. The Balaban J connectivity index is 2.43. The van der Waals surface area contributed by atoms with Crippen LogP contribution >= 0.6 is 0 Å². The Morgan fingerprint density at radius 1 is 0.949 bits per heavy atom. The van der Waals surface area contributed by atoms with Gasteiger partial charge in [-0.1, -0.05) is 42.5 Å². The molecule has 2 aromatic rings. The van der Waals surface area contributed by atoms with Crippen molar-refractivity contribution in [2.24, 2.45) is 5.73 Å². The number of esters is 2. The molecular weight excluding hydrogens is 536 g/mol. The third-order valence-electron chi connectivity index (χ3n) is 5.95. The van der Waals surface area contributed by atoms with Crippen LogP contribution in [0.1, 0.15) is 17.0 Å². The molecule has 8 nitrogen and oxygen atoms in total. The lowest BCUT2D eigenvalue weighted by Gasteiger charge is -2.37. The summed E-state index contributed by atoms with van der Waals surface area (Å²) < 4.78 is 90.9. The Morgan fingerprint density at radius 3 is 2.00 bits per heavy atom. The van der Waals surface area contributed by atoms with Gasteiger partial charge in [-0.15, -0.1) is 0 Å². The maximum atomic E-state index is 13.6. The number of aliphatic hydroxyl groups is 1. The number of hydrogen-bond donors (Lipinski definition) is 2. The highest BCUT2D eigenvalue weighted by atomic mass is 19.4. The summed E-state index contributed by atoms with van der Waals surface area (Å²) in [5.41, 5.74) is -2.74. The van der Waals surface area contributed by atoms with E-state index in [1.165, 1.54) is 12.1 Å². The molecule has 1 aliphatic rings. The first kappa shape index (κ1) is 29.1. The number of halogens is 6. The zero-order valence-electron chi connectivity index (χ0n) is 20.1. The maximum Gasteiger partial charge on any atom is 0.430 e. The van der Waals surface area contributed by atoms with E-state index in [1.54, 1.807) is 24.3 Å². The topological polar surface area (TPSA) is 126 Å². The number of nitriles is 1. The van der Waals surface area contributed by atoms with Crippen molar-refractivity contribution in [2.75, 3.05) is 19.1 Å². The second kappa shape index (κ2) is 10.3. The second-order valence-corrected chi connectivity index (χ2v) is 8.09. The van der Waals surface area contributed by atoms with Crippen LogP contribution in [0.25, 0.3) is 0 Å². The van der Waals surface area contributed by atoms with E-state index in [2.05, 4.69) is 0 Å². The molecule has 1 aliphatic heterocycles. The average Bonchev–Trinajstić information content (AvgIpc) is 2.90. The van der Waals surface area contributed by atoms with E-state index in [4.69, 9.17) is 15.2 Å². The standard InChI is InChI=1S/C25H19F6N3O5/c1-38-21(35)18-17(13-7-4-3-5-8-13)16(12-32)20(33)34(19(18)22(36)39-2)15-10-6-9-14(11-15)23(37,24(26,27)28)25(29,30)31/h3-11,17,37H,33H2,1-2H3. The minimum atomic E-state index is -6.21. The van der Waals surface area contributed by atoms with Crippen LogP contribution in [0, 0.1) is 11.3 Å². The number of hydrogen-bond acceptors (Lipinski definition) is 8. The molecule has 0 radical (unpaired) electrons. The normalized spacial score (nSPS) is 16.6. The summed E-state index contributed by atoms with van der Waals surface area (Å²) in [5, 5.41) is 19.9. The highest BCUT2D eigenvalue weighted by molar-refractivity contribution is 6.06. The summed E-state index contributed by atoms with van der Waals surface area (Å²) in [4.78, 5) is 26.6. The highest BCUT2D eigenvalue weighted by Crippen LogP contribution is 2.51. The Labute approximate surface area is 217 Å². The van der Waals surface area contributed by atoms with Crippen LogP contribution in [0.4, 0.5) is 32.0 Å². The monoisotopic (exact) mass is 555 g/mol. The largest absolute Gasteiger partial charge is 0.466 e. The van der Waals surface area contributed by atoms with E-state index in [0.29, 0.717) is 11.0 Å². The van der Waals surface area contributed by atoms with Gasteiger partial charge in [-0.2, -0.15) is 31.6 Å². The zero-order chi connectivity index (χ0) is 29.3. The number of nitrogens with two attached hydrogens (primary N) is 1. The molecule has 1 unspecified atom stereocenters. The Hall–Kier alpha value is -4.51. The smallest absolute Gasteiger partial charge is 0.430 e. The van der Waals surface area contributed by atoms with Gasteiger partial charge in [0.1, 0.15) is 11.5 Å². The molecule has 3 rings (SSSR count). The highest BCUT2D eigenvalue weighted by Gasteiger charge is 2.71. The number of rotatable bonds is 5. The fraction of sp³-hybridized carbons (Fsp3) is 0.240. The molecular formula is C25H19F6N3O5. The van der Waals surface area contributed by atoms with Gasteiger partial charge >= 0.3 is 24.3 Å². The van der Waals surface area contributed by atoms with Crippen LogP contribution in [-0.2, 0) is 24.7 Å². The Morgan fingerprint density at radius 2 is 1.51 bits per heavy atom. The van der Waals surface area contributed by atoms with Gasteiger partial charge in [0.2, 0.25) is 0 Å². The Kier molecular flexibility index (Phi) is 7.70. The van der Waals surface area contributed by atoms with Crippen LogP contribution in [0.3, 0.4) is 0 Å². The predicted octanol–water partition coefficient (Wildman–Crippen LogP) is 3.90. The quantitative estimate of drug-likeness (QED) is 0.421. The SMILES string of the molecule is COC(=O)C1=C(C(=O)OC)N(c2cccc(C(O)(C(F)(F)F)C(F)(F)F)c2)C(N)=C(C#N)C1c1ccccc1. The predicted molar refractivity (Wildman–Crippen MR) is 122 cm³/mol. The maximum absolute atomic E-state index is 13.6. The third-order valence-corrected chi connectivity index (χ3v) is 5.95. The van der Waals surface area contributed by atoms with Gasteiger partial charge in [-0.25, -0.2) is 9.59 Å². The van der Waals surface area contributed by atoms with Gasteiger partial charge in [-0.3, -0.25) is 4.90 Å². The number of methoxy groups -OCH3 is 2. The van der Waals surface area contributed by atoms with Crippen LogP contribution in [0.15, 0.2) is 77.3 Å². The van der Waals surface area contributed by atoms with E-state index in [0.717, 1.165) is 26.4 Å². The molecule has 14 heteroatoms. The molecule has 206 valence electrons. The fourth-order valence-corrected chi connectivity index (χ4v) is 4.14. The lowest BCUT2D eigenvalue weighted by atomic mass is 9.80. The second-order valence-electron chi connectivity index (χ2n) is 8.09. The lowest BCUT2D eigenvalue weighted by Crippen LogP contribution is -2.54. The number of carbonyl (C=O) groups is 2. The molecule has 0 fully saturated rings. The third kappa shape index (κ3) is 4.76. The summed E-state index contributed by atoms with van der Waals surface area (Å²) in [6.45, 7) is 0. The number of nitrogens with zero attached hydrogens (tertiary/aromatic N) is 2. The van der Waals surface area contributed by atoms with E-state index in [9.17, 15) is 46.3 Å². The minimum Gasteiger partial charge on any atom is -0.466 e. The van der Waals surface area contributed by atoms with Crippen molar-refractivity contribution in [3.8, 4) is 6.07 Å². The van der Waals surface area contributed by atoms with E-state index >= 15 is 0 Å². The number of anilines is 1. The van der Waals surface area contributed by atoms with Crippen molar-refractivity contribution in [3.63, 3.8) is 0 Å². The van der Waals surface area contributed by atoms with Crippen LogP contribution in [0.2, 0.25) is 0 Å². The lowest BCUT2D eigenvalue weighted by molar-refractivity contribution is -0.376. The molecule has 0 spiro atoms. The summed E-state index contributed by atoms with van der Waals surface area (Å²) in [6, 6.07) is 11.9. The van der Waals surface area contributed by atoms with Crippen molar-refractivity contribution < 1.29 is 50.5 Å². The van der Waals surface area contributed by atoms with Crippen LogP contribution < -0.4 is 10.6 Å². The first-order chi connectivity index (χ1) is 18.1. The van der Waals surface area contributed by atoms with Crippen molar-refractivity contribution >= 4 is 17.6 Å². The molecule has 0 aliphatic carbocycles. The molecule has 0 saturated carbocycles. The molecule has 0 saturated heterocycles. The molecule has 0 bridgehead atoms. The van der Waals surface area contributed by atoms with Crippen molar-refractivity contribution in [2.45, 2.75) is 23.9 Å². The summed E-state index contributed by atoms with van der Waals surface area (Å²) in [6.07, 6.45) is -12.4. The van der Waals surface area contributed by atoms with Gasteiger partial charge in [0.05, 0.1) is 37.4 Å². The minimum absolute atomic E-state index is 0.281. The van der Waals surface area contributed by atoms with Gasteiger partial charge < -0.3 is 20.3 Å². The number of allylic oxidation sites excluding steroid dienone is 1. The molecule has 3 N–H and O–H groups in total. The first-order valence-corrected chi connectivity index (χ1v) is 10.8.